The average Bonchev–Trinajstić information content (AvgIpc) is 2.10. The molecule has 1 aliphatic rings. The van der Waals surface area contributed by atoms with E-state index in [4.69, 9.17) is 9.84 Å². The highest BCUT2D eigenvalue weighted by Crippen LogP contribution is 2.29. The number of aliphatic carboxylic acids is 1. The predicted molar refractivity (Wildman–Crippen MR) is 49.6 cm³/mol. The van der Waals surface area contributed by atoms with E-state index in [0.29, 0.717) is 6.42 Å². The van der Waals surface area contributed by atoms with Crippen molar-refractivity contribution in [1.82, 2.24) is 0 Å². The molecule has 0 amide bonds. The molecule has 1 fully saturated rings. The Bertz CT molecular complexity index is 249. The second kappa shape index (κ2) is 3.98. The van der Waals surface area contributed by atoms with Gasteiger partial charge < -0.3 is 9.84 Å². The van der Waals surface area contributed by atoms with Crippen molar-refractivity contribution in [2.24, 2.45) is 17.8 Å². The van der Waals surface area contributed by atoms with Crippen LogP contribution >= 0.6 is 0 Å². The van der Waals surface area contributed by atoms with E-state index in [1.807, 2.05) is 6.92 Å². The van der Waals surface area contributed by atoms with Crippen molar-refractivity contribution in [3.63, 3.8) is 0 Å². The zero-order valence-electron chi connectivity index (χ0n) is 8.69. The van der Waals surface area contributed by atoms with E-state index in [1.54, 1.807) is 13.8 Å². The predicted octanol–water partition coefficient (Wildman–Crippen LogP) is 1.29. The van der Waals surface area contributed by atoms with Crippen LogP contribution in [0, 0.1) is 17.8 Å². The van der Waals surface area contributed by atoms with Gasteiger partial charge in [-0.25, -0.2) is 0 Å². The van der Waals surface area contributed by atoms with Gasteiger partial charge in [-0.15, -0.1) is 0 Å². The molecule has 1 N–H and O–H groups in total. The van der Waals surface area contributed by atoms with Gasteiger partial charge in [-0.3, -0.25) is 9.59 Å². The van der Waals surface area contributed by atoms with Gasteiger partial charge in [0.05, 0.1) is 11.8 Å². The monoisotopic (exact) mass is 200 g/mol. The van der Waals surface area contributed by atoms with E-state index in [0.717, 1.165) is 0 Å². The number of esters is 1. The molecule has 2 unspecified atom stereocenters. The molecular weight excluding hydrogens is 184 g/mol. The largest absolute Gasteiger partial charge is 0.481 e. The summed E-state index contributed by atoms with van der Waals surface area (Å²) in [5.74, 6) is -1.80. The van der Waals surface area contributed by atoms with Crippen LogP contribution in [-0.4, -0.2) is 23.1 Å². The minimum atomic E-state index is -0.913. The first-order valence-electron chi connectivity index (χ1n) is 4.86. The third kappa shape index (κ3) is 2.05. The molecule has 4 nitrogen and oxygen atoms in total. The van der Waals surface area contributed by atoms with E-state index in [-0.39, 0.29) is 17.8 Å². The van der Waals surface area contributed by atoms with Crippen molar-refractivity contribution < 1.29 is 19.4 Å². The number of cyclic esters (lactones) is 1. The van der Waals surface area contributed by atoms with E-state index < -0.39 is 18.0 Å². The third-order valence-electron chi connectivity index (χ3n) is 2.82. The number of hydrogen-bond acceptors (Lipinski definition) is 3. The number of carboxylic acids is 1. The minimum Gasteiger partial charge on any atom is -0.481 e. The summed E-state index contributed by atoms with van der Waals surface area (Å²) in [6, 6.07) is 0. The number of carboxylic acid groups (broad SMARTS) is 1. The highest BCUT2D eigenvalue weighted by Gasteiger charge is 2.38. The molecule has 80 valence electrons. The molecule has 1 saturated heterocycles. The molecule has 0 aliphatic carbocycles. The lowest BCUT2D eigenvalue weighted by Gasteiger charge is -2.34. The maximum Gasteiger partial charge on any atom is 0.309 e. The van der Waals surface area contributed by atoms with Gasteiger partial charge in [0.15, 0.2) is 0 Å². The van der Waals surface area contributed by atoms with E-state index in [1.165, 1.54) is 0 Å². The molecule has 1 rings (SSSR count). The standard InChI is InChI=1S/C10H16O4/c1-5-4-6(2)10(13)14-8(5)7(3)9(11)12/h5-8H,4H2,1-3H3,(H,11,12)/t5-,6+,7?,8?/m1/s1. The molecule has 4 atom stereocenters. The summed E-state index contributed by atoms with van der Waals surface area (Å²) in [6.45, 7) is 5.31. The van der Waals surface area contributed by atoms with Crippen molar-refractivity contribution >= 4 is 11.9 Å². The number of hydrogen-bond donors (Lipinski definition) is 1. The topological polar surface area (TPSA) is 63.6 Å². The summed E-state index contributed by atoms with van der Waals surface area (Å²) in [5, 5.41) is 8.81. The Kier molecular flexibility index (Phi) is 3.13. The SMILES string of the molecule is CC(C(=O)O)C1OC(=O)[C@@H](C)C[C@H]1C. The Morgan fingerprint density at radius 2 is 2.14 bits per heavy atom. The van der Waals surface area contributed by atoms with Crippen LogP contribution in [0.25, 0.3) is 0 Å². The summed E-state index contributed by atoms with van der Waals surface area (Å²) in [7, 11) is 0. The third-order valence-corrected chi connectivity index (χ3v) is 2.82. The fourth-order valence-electron chi connectivity index (χ4n) is 1.89. The van der Waals surface area contributed by atoms with Crippen LogP contribution in [0.15, 0.2) is 0 Å². The maximum absolute atomic E-state index is 11.3. The van der Waals surface area contributed by atoms with Gasteiger partial charge in [0.25, 0.3) is 0 Å². The van der Waals surface area contributed by atoms with E-state index in [2.05, 4.69) is 0 Å². The van der Waals surface area contributed by atoms with Crippen molar-refractivity contribution in [1.29, 1.82) is 0 Å². The molecule has 1 heterocycles. The van der Waals surface area contributed by atoms with Gasteiger partial charge in [-0.05, 0) is 19.3 Å². The first-order valence-corrected chi connectivity index (χ1v) is 4.86. The van der Waals surface area contributed by atoms with Crippen LogP contribution in [0.5, 0.6) is 0 Å². The van der Waals surface area contributed by atoms with Gasteiger partial charge in [-0.1, -0.05) is 13.8 Å². The minimum absolute atomic E-state index is 0.109. The Balaban J connectivity index is 2.70. The van der Waals surface area contributed by atoms with Crippen molar-refractivity contribution in [3.05, 3.63) is 0 Å². The van der Waals surface area contributed by atoms with E-state index >= 15 is 0 Å². The highest BCUT2D eigenvalue weighted by molar-refractivity contribution is 5.75. The first-order chi connectivity index (χ1) is 6.43. The zero-order valence-corrected chi connectivity index (χ0v) is 8.69. The lowest BCUT2D eigenvalue weighted by Crippen LogP contribution is -2.42. The van der Waals surface area contributed by atoms with Crippen molar-refractivity contribution in [2.75, 3.05) is 0 Å². The maximum atomic E-state index is 11.3. The zero-order chi connectivity index (χ0) is 10.9. The summed E-state index contributed by atoms with van der Waals surface area (Å²) in [4.78, 5) is 22.0. The summed E-state index contributed by atoms with van der Waals surface area (Å²) in [5.41, 5.74) is 0. The van der Waals surface area contributed by atoms with Crippen LogP contribution in [-0.2, 0) is 14.3 Å². The molecule has 0 bridgehead atoms. The van der Waals surface area contributed by atoms with Gasteiger partial charge in [0, 0.05) is 0 Å². The second-order valence-corrected chi connectivity index (χ2v) is 4.14. The number of ether oxygens (including phenoxy) is 1. The van der Waals surface area contributed by atoms with Crippen molar-refractivity contribution in [2.45, 2.75) is 33.3 Å². The lowest BCUT2D eigenvalue weighted by atomic mass is 9.84. The van der Waals surface area contributed by atoms with E-state index in [9.17, 15) is 9.59 Å². The molecule has 4 heteroatoms. The van der Waals surface area contributed by atoms with Gasteiger partial charge in [-0.2, -0.15) is 0 Å². The molecule has 1 aliphatic heterocycles. The highest BCUT2D eigenvalue weighted by atomic mass is 16.5. The van der Waals surface area contributed by atoms with Gasteiger partial charge in [0.2, 0.25) is 0 Å². The fraction of sp³-hybridized carbons (Fsp3) is 0.800. The summed E-state index contributed by atoms with van der Waals surface area (Å²) < 4.78 is 5.11. The van der Waals surface area contributed by atoms with Gasteiger partial charge in [0.1, 0.15) is 6.10 Å². The summed E-state index contributed by atoms with van der Waals surface area (Å²) >= 11 is 0. The molecule has 0 aromatic carbocycles. The molecule has 14 heavy (non-hydrogen) atoms. The molecule has 0 aromatic rings. The average molecular weight is 200 g/mol. The Labute approximate surface area is 83.2 Å². The van der Waals surface area contributed by atoms with Crippen molar-refractivity contribution in [3.8, 4) is 0 Å². The normalized spacial score (nSPS) is 34.8. The first kappa shape index (κ1) is 11.0. The van der Waals surface area contributed by atoms with Crippen LogP contribution in [0.1, 0.15) is 27.2 Å². The molecule has 0 radical (unpaired) electrons. The van der Waals surface area contributed by atoms with Crippen LogP contribution in [0.4, 0.5) is 0 Å². The second-order valence-electron chi connectivity index (χ2n) is 4.14. The van der Waals surface area contributed by atoms with Gasteiger partial charge >= 0.3 is 11.9 Å². The Morgan fingerprint density at radius 3 is 2.64 bits per heavy atom. The fourth-order valence-corrected chi connectivity index (χ4v) is 1.89. The number of rotatable bonds is 2. The molecule has 0 aromatic heterocycles. The molecule has 0 spiro atoms. The number of carbonyl (C=O) groups is 2. The smallest absolute Gasteiger partial charge is 0.309 e. The molecule has 0 saturated carbocycles. The lowest BCUT2D eigenvalue weighted by molar-refractivity contribution is -0.172. The Morgan fingerprint density at radius 1 is 1.57 bits per heavy atom. The van der Waals surface area contributed by atoms with Crippen LogP contribution in [0.3, 0.4) is 0 Å². The summed E-state index contributed by atoms with van der Waals surface area (Å²) in [6.07, 6.45) is 0.234. The van der Waals surface area contributed by atoms with Crippen LogP contribution in [0.2, 0.25) is 0 Å². The molecular formula is C10H16O4. The van der Waals surface area contributed by atoms with Crippen LogP contribution < -0.4 is 0 Å². The quantitative estimate of drug-likeness (QED) is 0.682. The Hall–Kier alpha value is -1.06. The number of carbonyl (C=O) groups excluding carboxylic acids is 1.